The highest BCUT2D eigenvalue weighted by atomic mass is 35.5. The SMILES string of the molecule is COc1cc(Cl)ccc1-c1ncc(Cl)c2ccc(C(=O)O)cc12. The number of carbonyl (C=O) groups is 1. The zero-order chi connectivity index (χ0) is 16.6. The van der Waals surface area contributed by atoms with Gasteiger partial charge in [0.15, 0.2) is 0 Å². The van der Waals surface area contributed by atoms with E-state index in [1.54, 1.807) is 30.3 Å². The van der Waals surface area contributed by atoms with Gasteiger partial charge in [-0.25, -0.2) is 4.79 Å². The first kappa shape index (κ1) is 15.6. The van der Waals surface area contributed by atoms with Gasteiger partial charge >= 0.3 is 5.97 Å². The number of hydrogen-bond donors (Lipinski definition) is 1. The van der Waals surface area contributed by atoms with Crippen LogP contribution < -0.4 is 4.74 Å². The molecule has 0 amide bonds. The van der Waals surface area contributed by atoms with Crippen molar-refractivity contribution >= 4 is 39.9 Å². The molecule has 3 aromatic rings. The maximum Gasteiger partial charge on any atom is 0.335 e. The number of carboxylic acids is 1. The Morgan fingerprint density at radius 3 is 2.61 bits per heavy atom. The second-order valence-electron chi connectivity index (χ2n) is 4.86. The molecule has 0 bridgehead atoms. The molecule has 116 valence electrons. The monoisotopic (exact) mass is 347 g/mol. The molecule has 4 nitrogen and oxygen atoms in total. The Kier molecular flexibility index (Phi) is 4.11. The van der Waals surface area contributed by atoms with Crippen LogP contribution in [0, 0.1) is 0 Å². The molecule has 0 aliphatic heterocycles. The molecular formula is C17H11Cl2NO3. The number of benzene rings is 2. The number of ether oxygens (including phenoxy) is 1. The van der Waals surface area contributed by atoms with Crippen LogP contribution in [0.1, 0.15) is 10.4 Å². The van der Waals surface area contributed by atoms with Gasteiger partial charge in [-0.1, -0.05) is 29.3 Å². The van der Waals surface area contributed by atoms with E-state index in [0.29, 0.717) is 32.4 Å². The fourth-order valence-electron chi connectivity index (χ4n) is 2.42. The number of methoxy groups -OCH3 is 1. The number of aromatic nitrogens is 1. The van der Waals surface area contributed by atoms with Crippen molar-refractivity contribution in [1.82, 2.24) is 4.98 Å². The molecule has 0 aliphatic carbocycles. The van der Waals surface area contributed by atoms with Crippen LogP contribution in [0.15, 0.2) is 42.6 Å². The minimum Gasteiger partial charge on any atom is -0.496 e. The average Bonchev–Trinajstić information content (AvgIpc) is 2.55. The molecule has 1 N–H and O–H groups in total. The van der Waals surface area contributed by atoms with E-state index in [0.717, 1.165) is 5.39 Å². The lowest BCUT2D eigenvalue weighted by Crippen LogP contribution is -1.97. The molecule has 1 heterocycles. The van der Waals surface area contributed by atoms with Crippen LogP contribution in [0.4, 0.5) is 0 Å². The summed E-state index contributed by atoms with van der Waals surface area (Å²) < 4.78 is 5.36. The number of rotatable bonds is 3. The van der Waals surface area contributed by atoms with E-state index in [4.69, 9.17) is 27.9 Å². The van der Waals surface area contributed by atoms with Crippen molar-refractivity contribution in [1.29, 1.82) is 0 Å². The van der Waals surface area contributed by atoms with E-state index in [-0.39, 0.29) is 5.56 Å². The lowest BCUT2D eigenvalue weighted by molar-refractivity contribution is 0.0697. The Balaban J connectivity index is 2.35. The largest absolute Gasteiger partial charge is 0.496 e. The molecule has 0 radical (unpaired) electrons. The summed E-state index contributed by atoms with van der Waals surface area (Å²) in [5.41, 5.74) is 1.46. The first-order valence-corrected chi connectivity index (χ1v) is 7.42. The number of hydrogen-bond acceptors (Lipinski definition) is 3. The molecule has 0 saturated heterocycles. The zero-order valence-corrected chi connectivity index (χ0v) is 13.5. The summed E-state index contributed by atoms with van der Waals surface area (Å²) >= 11 is 12.2. The summed E-state index contributed by atoms with van der Waals surface area (Å²) in [6.07, 6.45) is 1.54. The van der Waals surface area contributed by atoms with Gasteiger partial charge in [0.05, 0.1) is 23.4 Å². The molecule has 0 unspecified atom stereocenters. The minimum absolute atomic E-state index is 0.163. The Bertz CT molecular complexity index is 925. The number of pyridine rings is 1. The maximum atomic E-state index is 11.2. The van der Waals surface area contributed by atoms with E-state index in [1.165, 1.54) is 19.4 Å². The van der Waals surface area contributed by atoms with Crippen molar-refractivity contribution in [3.05, 3.63) is 58.2 Å². The predicted octanol–water partition coefficient (Wildman–Crippen LogP) is 4.92. The van der Waals surface area contributed by atoms with Gasteiger partial charge in [0.1, 0.15) is 5.75 Å². The van der Waals surface area contributed by atoms with Crippen LogP contribution in [-0.2, 0) is 0 Å². The lowest BCUT2D eigenvalue weighted by Gasteiger charge is -2.12. The number of halogens is 2. The number of nitrogens with zero attached hydrogens (tertiary/aromatic N) is 1. The first-order valence-electron chi connectivity index (χ1n) is 6.66. The van der Waals surface area contributed by atoms with Crippen LogP contribution in [0.25, 0.3) is 22.0 Å². The Labute approximate surface area is 142 Å². The van der Waals surface area contributed by atoms with Gasteiger partial charge in [0.25, 0.3) is 0 Å². The van der Waals surface area contributed by atoms with Gasteiger partial charge in [-0.15, -0.1) is 0 Å². The summed E-state index contributed by atoms with van der Waals surface area (Å²) in [7, 11) is 1.54. The quantitative estimate of drug-likeness (QED) is 0.730. The summed E-state index contributed by atoms with van der Waals surface area (Å²) in [4.78, 5) is 15.6. The molecule has 0 fully saturated rings. The molecular weight excluding hydrogens is 337 g/mol. The summed E-state index contributed by atoms with van der Waals surface area (Å²) in [5.74, 6) is -0.463. The van der Waals surface area contributed by atoms with Gasteiger partial charge in [-0.3, -0.25) is 4.98 Å². The van der Waals surface area contributed by atoms with Crippen molar-refractivity contribution in [2.24, 2.45) is 0 Å². The highest BCUT2D eigenvalue weighted by Gasteiger charge is 2.15. The number of carboxylic acid groups (broad SMARTS) is 1. The highest BCUT2D eigenvalue weighted by molar-refractivity contribution is 6.36. The van der Waals surface area contributed by atoms with Gasteiger partial charge < -0.3 is 9.84 Å². The zero-order valence-electron chi connectivity index (χ0n) is 12.0. The van der Waals surface area contributed by atoms with Crippen LogP contribution in [0.2, 0.25) is 10.0 Å². The molecule has 3 rings (SSSR count). The lowest BCUT2D eigenvalue weighted by atomic mass is 10.0. The smallest absolute Gasteiger partial charge is 0.335 e. The van der Waals surface area contributed by atoms with E-state index in [2.05, 4.69) is 4.98 Å². The second kappa shape index (κ2) is 6.07. The summed E-state index contributed by atoms with van der Waals surface area (Å²) in [6, 6.07) is 9.93. The minimum atomic E-state index is -1.01. The molecule has 6 heteroatoms. The second-order valence-corrected chi connectivity index (χ2v) is 5.71. The number of aromatic carboxylic acids is 1. The Morgan fingerprint density at radius 1 is 1.13 bits per heavy atom. The van der Waals surface area contributed by atoms with Gasteiger partial charge in [0, 0.05) is 27.6 Å². The van der Waals surface area contributed by atoms with E-state index in [1.807, 2.05) is 0 Å². The number of fused-ring (bicyclic) bond motifs is 1. The topological polar surface area (TPSA) is 59.4 Å². The van der Waals surface area contributed by atoms with Gasteiger partial charge in [-0.05, 0) is 30.3 Å². The maximum absolute atomic E-state index is 11.2. The molecule has 0 spiro atoms. The standard InChI is InChI=1S/C17H11Cl2NO3/c1-23-15-7-10(18)3-5-12(15)16-13-6-9(17(21)22)2-4-11(13)14(19)8-20-16/h2-8H,1H3,(H,21,22). The van der Waals surface area contributed by atoms with Crippen molar-refractivity contribution in [2.75, 3.05) is 7.11 Å². The highest BCUT2D eigenvalue weighted by Crippen LogP contribution is 2.37. The van der Waals surface area contributed by atoms with Crippen LogP contribution >= 0.6 is 23.2 Å². The van der Waals surface area contributed by atoms with Gasteiger partial charge in [-0.2, -0.15) is 0 Å². The van der Waals surface area contributed by atoms with E-state index in [9.17, 15) is 9.90 Å². The fourth-order valence-corrected chi connectivity index (χ4v) is 2.79. The summed E-state index contributed by atoms with van der Waals surface area (Å²) in [5, 5.41) is 11.6. The third-order valence-corrected chi connectivity index (χ3v) is 4.04. The van der Waals surface area contributed by atoms with Crippen molar-refractivity contribution < 1.29 is 14.6 Å². The van der Waals surface area contributed by atoms with E-state index >= 15 is 0 Å². The molecule has 23 heavy (non-hydrogen) atoms. The molecule has 1 aromatic heterocycles. The Morgan fingerprint density at radius 2 is 1.91 bits per heavy atom. The van der Waals surface area contributed by atoms with Crippen molar-refractivity contribution in [3.8, 4) is 17.0 Å². The third kappa shape index (κ3) is 2.83. The summed E-state index contributed by atoms with van der Waals surface area (Å²) in [6.45, 7) is 0. The van der Waals surface area contributed by atoms with Crippen LogP contribution in [0.5, 0.6) is 5.75 Å². The molecule has 2 aromatic carbocycles. The third-order valence-electron chi connectivity index (χ3n) is 3.50. The predicted molar refractivity (Wildman–Crippen MR) is 90.7 cm³/mol. The normalized spacial score (nSPS) is 10.7. The van der Waals surface area contributed by atoms with E-state index < -0.39 is 5.97 Å². The molecule has 0 saturated carbocycles. The van der Waals surface area contributed by atoms with Crippen LogP contribution in [-0.4, -0.2) is 23.2 Å². The molecule has 0 atom stereocenters. The fraction of sp³-hybridized carbons (Fsp3) is 0.0588. The van der Waals surface area contributed by atoms with Crippen molar-refractivity contribution in [2.45, 2.75) is 0 Å². The average molecular weight is 348 g/mol. The van der Waals surface area contributed by atoms with Crippen LogP contribution in [0.3, 0.4) is 0 Å². The van der Waals surface area contributed by atoms with Gasteiger partial charge in [0.2, 0.25) is 0 Å². The van der Waals surface area contributed by atoms with Crippen molar-refractivity contribution in [3.63, 3.8) is 0 Å². The Hall–Kier alpha value is -2.30. The first-order chi connectivity index (χ1) is 11.0. The molecule has 0 aliphatic rings.